The predicted molar refractivity (Wildman–Crippen MR) is 105 cm³/mol. The van der Waals surface area contributed by atoms with Crippen molar-refractivity contribution in [2.45, 2.75) is 6.42 Å². The van der Waals surface area contributed by atoms with Crippen molar-refractivity contribution in [3.63, 3.8) is 0 Å². The second-order valence-electron chi connectivity index (χ2n) is 6.85. The summed E-state index contributed by atoms with van der Waals surface area (Å²) in [4.78, 5) is 14.6. The number of benzene rings is 2. The topological polar surface area (TPSA) is 74.9 Å². The summed E-state index contributed by atoms with van der Waals surface area (Å²) in [7, 11) is 0. The van der Waals surface area contributed by atoms with E-state index in [-0.39, 0.29) is 16.7 Å². The van der Waals surface area contributed by atoms with Crippen LogP contribution < -0.4 is 15.6 Å². The van der Waals surface area contributed by atoms with Crippen molar-refractivity contribution >= 4 is 11.4 Å². The van der Waals surface area contributed by atoms with Crippen molar-refractivity contribution in [2.75, 3.05) is 43.1 Å². The van der Waals surface area contributed by atoms with Crippen LogP contribution in [-0.4, -0.2) is 38.0 Å². The molecule has 0 amide bonds. The number of halogens is 2. The van der Waals surface area contributed by atoms with Crippen LogP contribution in [-0.2, 0) is 11.2 Å². The third-order valence-electron chi connectivity index (χ3n) is 4.87. The third kappa shape index (κ3) is 4.17. The van der Waals surface area contributed by atoms with Gasteiger partial charge in [0.15, 0.2) is 11.2 Å². The van der Waals surface area contributed by atoms with E-state index >= 15 is 0 Å². The zero-order valence-corrected chi connectivity index (χ0v) is 15.6. The molecule has 3 aliphatic rings. The first kappa shape index (κ1) is 19.2. The van der Waals surface area contributed by atoms with Gasteiger partial charge in [0.25, 0.3) is 0 Å². The van der Waals surface area contributed by atoms with Gasteiger partial charge in [-0.2, -0.15) is 0 Å². The van der Waals surface area contributed by atoms with E-state index in [9.17, 15) is 18.7 Å². The van der Waals surface area contributed by atoms with Crippen LogP contribution in [0.1, 0.15) is 5.56 Å². The average Bonchev–Trinajstić information content (AvgIpc) is 2.69. The number of aromatic hydroxyl groups is 1. The monoisotopic (exact) mass is 402 g/mol. The highest BCUT2D eigenvalue weighted by Crippen LogP contribution is 2.34. The van der Waals surface area contributed by atoms with Crippen molar-refractivity contribution in [1.82, 2.24) is 0 Å². The van der Waals surface area contributed by atoms with Crippen LogP contribution in [0.2, 0.25) is 0 Å². The normalized spacial score (nSPS) is 14.3. The summed E-state index contributed by atoms with van der Waals surface area (Å²) in [5, 5.41) is 12.7. The molecular formula is C21H20F2N2O4. The lowest BCUT2D eigenvalue weighted by Gasteiger charge is -2.31. The van der Waals surface area contributed by atoms with Gasteiger partial charge in [-0.25, -0.2) is 8.78 Å². The molecule has 0 saturated carbocycles. The molecule has 1 aromatic rings. The van der Waals surface area contributed by atoms with Crippen LogP contribution >= 0.6 is 0 Å². The van der Waals surface area contributed by atoms with Crippen LogP contribution in [0, 0.1) is 11.6 Å². The quantitative estimate of drug-likeness (QED) is 0.683. The van der Waals surface area contributed by atoms with Gasteiger partial charge in [-0.15, -0.1) is 0 Å². The fourth-order valence-electron chi connectivity index (χ4n) is 3.57. The van der Waals surface area contributed by atoms with Gasteiger partial charge in [0.1, 0.15) is 23.7 Å². The van der Waals surface area contributed by atoms with E-state index in [1.165, 1.54) is 24.5 Å². The standard InChI is InChI=1S/C21H20F2N2O4/c22-13-7-14(23)9-15(8-13)24-2-1-17-19(25-3-5-28-6-4-25)11-20(27)18-10-16(26)12-29-21(17)18/h7-12,24,26H,1-6H2. The second-order valence-corrected chi connectivity index (χ2v) is 6.85. The van der Waals surface area contributed by atoms with Crippen molar-refractivity contribution in [3.8, 4) is 17.1 Å². The van der Waals surface area contributed by atoms with Gasteiger partial charge in [0, 0.05) is 48.7 Å². The lowest BCUT2D eigenvalue weighted by atomic mass is 9.98. The largest absolute Gasteiger partial charge is 0.505 e. The Morgan fingerprint density at radius 1 is 1.07 bits per heavy atom. The van der Waals surface area contributed by atoms with Gasteiger partial charge in [-0.1, -0.05) is 0 Å². The average molecular weight is 402 g/mol. The lowest BCUT2D eigenvalue weighted by Crippen LogP contribution is -2.37. The van der Waals surface area contributed by atoms with Gasteiger partial charge in [-0.3, -0.25) is 4.79 Å². The Kier molecular flexibility index (Phi) is 5.35. The molecule has 2 N–H and O–H groups in total. The van der Waals surface area contributed by atoms with E-state index in [1.54, 1.807) is 6.07 Å². The SMILES string of the molecule is O=c1cc(N2CCOCC2)c(CCNc2cc(F)cc(F)c2)c2occ(O)cc1-2. The Balaban J connectivity index is 1.67. The summed E-state index contributed by atoms with van der Waals surface area (Å²) in [5.41, 5.74) is 1.90. The van der Waals surface area contributed by atoms with Gasteiger partial charge in [-0.05, 0) is 24.6 Å². The number of morpholine rings is 1. The van der Waals surface area contributed by atoms with Crippen LogP contribution in [0.15, 0.2) is 45.8 Å². The summed E-state index contributed by atoms with van der Waals surface area (Å²) in [6.45, 7) is 2.75. The zero-order valence-electron chi connectivity index (χ0n) is 15.6. The molecule has 0 bridgehead atoms. The molecule has 29 heavy (non-hydrogen) atoms. The second kappa shape index (κ2) is 8.08. The summed E-state index contributed by atoms with van der Waals surface area (Å²) in [6.07, 6.45) is 1.62. The van der Waals surface area contributed by atoms with Crippen LogP contribution in [0.5, 0.6) is 5.75 Å². The van der Waals surface area contributed by atoms with Crippen molar-refractivity contribution in [1.29, 1.82) is 0 Å². The van der Waals surface area contributed by atoms with E-state index < -0.39 is 11.6 Å². The summed E-state index contributed by atoms with van der Waals surface area (Å²) in [5.74, 6) is -1.06. The number of hydrogen-bond acceptors (Lipinski definition) is 6. The number of ether oxygens (including phenoxy) is 1. The smallest absolute Gasteiger partial charge is 0.191 e. The minimum atomic E-state index is -0.659. The van der Waals surface area contributed by atoms with E-state index in [1.807, 2.05) is 0 Å². The molecule has 152 valence electrons. The van der Waals surface area contributed by atoms with Crippen molar-refractivity contribution in [2.24, 2.45) is 0 Å². The molecule has 0 atom stereocenters. The van der Waals surface area contributed by atoms with Crippen LogP contribution in [0.25, 0.3) is 11.3 Å². The molecule has 8 heteroatoms. The fourth-order valence-corrected chi connectivity index (χ4v) is 3.57. The highest BCUT2D eigenvalue weighted by Gasteiger charge is 2.23. The number of nitrogens with zero attached hydrogens (tertiary/aromatic N) is 1. The fraction of sp³-hybridized carbons (Fsp3) is 0.286. The number of hydrogen-bond donors (Lipinski definition) is 2. The van der Waals surface area contributed by atoms with Gasteiger partial charge in [0.05, 0.1) is 18.8 Å². The minimum absolute atomic E-state index is 0.131. The van der Waals surface area contributed by atoms with Gasteiger partial charge < -0.3 is 24.5 Å². The lowest BCUT2D eigenvalue weighted by molar-refractivity contribution is 0.122. The molecule has 2 aliphatic heterocycles. The Labute approximate surface area is 165 Å². The Morgan fingerprint density at radius 3 is 2.52 bits per heavy atom. The first-order chi connectivity index (χ1) is 14.0. The Bertz CT molecular complexity index is 1030. The van der Waals surface area contributed by atoms with Crippen molar-refractivity contribution < 1.29 is 23.0 Å². The highest BCUT2D eigenvalue weighted by molar-refractivity contribution is 5.73. The van der Waals surface area contributed by atoms with E-state index in [2.05, 4.69) is 10.2 Å². The van der Waals surface area contributed by atoms with Crippen LogP contribution in [0.3, 0.4) is 0 Å². The van der Waals surface area contributed by atoms with Gasteiger partial charge in [0.2, 0.25) is 0 Å². The maximum atomic E-state index is 13.4. The Morgan fingerprint density at radius 2 is 1.79 bits per heavy atom. The maximum absolute atomic E-state index is 13.4. The Hall–Kier alpha value is -3.13. The van der Waals surface area contributed by atoms with E-state index in [0.29, 0.717) is 50.7 Å². The van der Waals surface area contributed by atoms with Crippen molar-refractivity contribution in [3.05, 3.63) is 64.0 Å². The molecule has 1 saturated heterocycles. The molecule has 1 aliphatic carbocycles. The summed E-state index contributed by atoms with van der Waals surface area (Å²) in [6, 6.07) is 6.16. The molecule has 1 fully saturated rings. The first-order valence-electron chi connectivity index (χ1n) is 9.31. The molecule has 0 radical (unpaired) electrons. The summed E-state index contributed by atoms with van der Waals surface area (Å²) < 4.78 is 37.8. The number of nitrogens with one attached hydrogen (secondary N) is 1. The molecule has 6 nitrogen and oxygen atoms in total. The zero-order chi connectivity index (χ0) is 20.4. The molecule has 1 aromatic carbocycles. The van der Waals surface area contributed by atoms with E-state index in [0.717, 1.165) is 17.3 Å². The maximum Gasteiger partial charge on any atom is 0.191 e. The highest BCUT2D eigenvalue weighted by atomic mass is 19.1. The molecular weight excluding hydrogens is 382 g/mol. The first-order valence-corrected chi connectivity index (χ1v) is 9.31. The summed E-state index contributed by atoms with van der Waals surface area (Å²) >= 11 is 0. The number of fused-ring (bicyclic) bond motifs is 1. The van der Waals surface area contributed by atoms with Gasteiger partial charge >= 0.3 is 0 Å². The van der Waals surface area contributed by atoms with Crippen LogP contribution in [0.4, 0.5) is 20.2 Å². The third-order valence-corrected chi connectivity index (χ3v) is 4.87. The molecule has 0 spiro atoms. The molecule has 2 heterocycles. The van der Waals surface area contributed by atoms with E-state index in [4.69, 9.17) is 9.15 Å². The predicted octanol–water partition coefficient (Wildman–Crippen LogP) is 3.22. The number of anilines is 2. The number of rotatable bonds is 5. The molecule has 4 rings (SSSR count). The minimum Gasteiger partial charge on any atom is -0.505 e. The molecule has 0 unspecified atom stereocenters. The molecule has 0 aromatic heterocycles.